The van der Waals surface area contributed by atoms with Gasteiger partial charge in [-0.1, -0.05) is 6.92 Å². The van der Waals surface area contributed by atoms with E-state index in [9.17, 15) is 0 Å². The van der Waals surface area contributed by atoms with Gasteiger partial charge in [0.2, 0.25) is 0 Å². The van der Waals surface area contributed by atoms with Gasteiger partial charge in [-0.05, 0) is 26.4 Å². The molecule has 0 aromatic heterocycles. The smallest absolute Gasteiger partial charge is 0.194 e. The van der Waals surface area contributed by atoms with Crippen LogP contribution in [0.5, 0.6) is 0 Å². The van der Waals surface area contributed by atoms with Crippen LogP contribution in [0.1, 0.15) is 19.8 Å². The van der Waals surface area contributed by atoms with Gasteiger partial charge in [0.15, 0.2) is 5.96 Å². The summed E-state index contributed by atoms with van der Waals surface area (Å²) in [5, 5.41) is 6.49. The Bertz CT molecular complexity index is 179. The lowest BCUT2D eigenvalue weighted by Crippen LogP contribution is -2.40. The molecule has 0 fully saturated rings. The van der Waals surface area contributed by atoms with Crippen LogP contribution < -0.4 is 10.6 Å². The molecule has 0 amide bonds. The Morgan fingerprint density at radius 1 is 1.50 bits per heavy atom. The van der Waals surface area contributed by atoms with Crippen molar-refractivity contribution in [3.05, 3.63) is 0 Å². The second-order valence-electron chi connectivity index (χ2n) is 3.58. The first-order valence-electron chi connectivity index (χ1n) is 5.56. The summed E-state index contributed by atoms with van der Waals surface area (Å²) in [6, 6.07) is 0. The molecule has 4 heteroatoms. The molecule has 0 aromatic carbocycles. The molecule has 0 atom stereocenters. The first kappa shape index (κ1) is 11.3. The van der Waals surface area contributed by atoms with E-state index in [1.165, 1.54) is 12.8 Å². The summed E-state index contributed by atoms with van der Waals surface area (Å²) in [7, 11) is 2.00. The normalized spacial score (nSPS) is 15.1. The van der Waals surface area contributed by atoms with Gasteiger partial charge < -0.3 is 15.5 Å². The number of aliphatic imine (C=N–C) groups is 1. The number of guanidine groups is 1. The molecule has 2 N–H and O–H groups in total. The second kappa shape index (κ2) is 6.65. The fourth-order valence-electron chi connectivity index (χ4n) is 1.64. The monoisotopic (exact) mass is 198 g/mol. The first-order valence-corrected chi connectivity index (χ1v) is 5.56. The maximum atomic E-state index is 4.44. The van der Waals surface area contributed by atoms with Crippen LogP contribution in [-0.4, -0.2) is 50.6 Å². The summed E-state index contributed by atoms with van der Waals surface area (Å²) in [6.45, 7) is 7.42. The minimum absolute atomic E-state index is 0.932. The highest BCUT2D eigenvalue weighted by molar-refractivity contribution is 5.81. The molecule has 1 aliphatic rings. The van der Waals surface area contributed by atoms with Gasteiger partial charge in [-0.15, -0.1) is 0 Å². The summed E-state index contributed by atoms with van der Waals surface area (Å²) in [5.41, 5.74) is 0. The molecule has 1 heterocycles. The summed E-state index contributed by atoms with van der Waals surface area (Å²) < 4.78 is 0. The highest BCUT2D eigenvalue weighted by atomic mass is 15.3. The standard InChI is InChI=1S/C10H22N4/c1-3-8-14(9-4-5-11-2)10-12-6-7-13-10/h11H,3-9H2,1-2H3,(H,12,13). The molecule has 1 aliphatic heterocycles. The number of hydrogen-bond donors (Lipinski definition) is 2. The average molecular weight is 198 g/mol. The third-order valence-corrected chi connectivity index (χ3v) is 2.30. The predicted molar refractivity (Wildman–Crippen MR) is 60.7 cm³/mol. The van der Waals surface area contributed by atoms with Crippen molar-refractivity contribution in [1.82, 2.24) is 15.5 Å². The van der Waals surface area contributed by atoms with E-state index in [4.69, 9.17) is 0 Å². The van der Waals surface area contributed by atoms with Crippen molar-refractivity contribution in [1.29, 1.82) is 0 Å². The van der Waals surface area contributed by atoms with Gasteiger partial charge in [-0.2, -0.15) is 0 Å². The van der Waals surface area contributed by atoms with Crippen molar-refractivity contribution in [2.45, 2.75) is 19.8 Å². The third-order valence-electron chi connectivity index (χ3n) is 2.30. The number of rotatable bonds is 6. The Balaban J connectivity index is 2.30. The van der Waals surface area contributed by atoms with E-state index in [0.29, 0.717) is 0 Å². The molecule has 4 nitrogen and oxygen atoms in total. The number of nitrogens with one attached hydrogen (secondary N) is 2. The summed E-state index contributed by atoms with van der Waals surface area (Å²) in [6.07, 6.45) is 2.36. The fraction of sp³-hybridized carbons (Fsp3) is 0.900. The topological polar surface area (TPSA) is 39.7 Å². The van der Waals surface area contributed by atoms with E-state index in [1.807, 2.05) is 7.05 Å². The molecular weight excluding hydrogens is 176 g/mol. The minimum Gasteiger partial charge on any atom is -0.354 e. The van der Waals surface area contributed by atoms with Crippen molar-refractivity contribution < 1.29 is 0 Å². The Kier molecular flexibility index (Phi) is 5.37. The minimum atomic E-state index is 0.932. The van der Waals surface area contributed by atoms with Crippen LogP contribution in [-0.2, 0) is 0 Å². The molecule has 0 unspecified atom stereocenters. The van der Waals surface area contributed by atoms with Gasteiger partial charge in [0.05, 0.1) is 6.54 Å². The summed E-state index contributed by atoms with van der Waals surface area (Å²) in [4.78, 5) is 6.80. The fourth-order valence-corrected chi connectivity index (χ4v) is 1.64. The molecular formula is C10H22N4. The zero-order chi connectivity index (χ0) is 10.2. The molecule has 1 rings (SSSR count). The Hall–Kier alpha value is -0.770. The maximum absolute atomic E-state index is 4.44. The van der Waals surface area contributed by atoms with Crippen molar-refractivity contribution in [2.75, 3.05) is 39.8 Å². The van der Waals surface area contributed by atoms with Crippen LogP contribution in [0.15, 0.2) is 4.99 Å². The van der Waals surface area contributed by atoms with Crippen LogP contribution in [0.2, 0.25) is 0 Å². The molecule has 0 spiro atoms. The molecule has 14 heavy (non-hydrogen) atoms. The quantitative estimate of drug-likeness (QED) is 0.602. The Morgan fingerprint density at radius 2 is 2.36 bits per heavy atom. The van der Waals surface area contributed by atoms with Gasteiger partial charge in [0.25, 0.3) is 0 Å². The third kappa shape index (κ3) is 3.54. The van der Waals surface area contributed by atoms with Crippen LogP contribution in [0.3, 0.4) is 0 Å². The van der Waals surface area contributed by atoms with Gasteiger partial charge in [0, 0.05) is 19.6 Å². The summed E-state index contributed by atoms with van der Waals surface area (Å²) >= 11 is 0. The van der Waals surface area contributed by atoms with Crippen molar-refractivity contribution >= 4 is 5.96 Å². The van der Waals surface area contributed by atoms with Gasteiger partial charge in [-0.25, -0.2) is 0 Å². The van der Waals surface area contributed by atoms with E-state index < -0.39 is 0 Å². The molecule has 82 valence electrons. The molecule has 0 saturated carbocycles. The zero-order valence-electron chi connectivity index (χ0n) is 9.34. The highest BCUT2D eigenvalue weighted by Gasteiger charge is 2.12. The van der Waals surface area contributed by atoms with Gasteiger partial charge >= 0.3 is 0 Å². The van der Waals surface area contributed by atoms with E-state index in [1.54, 1.807) is 0 Å². The lowest BCUT2D eigenvalue weighted by Gasteiger charge is -2.23. The van der Waals surface area contributed by atoms with E-state index in [0.717, 1.165) is 38.7 Å². The maximum Gasteiger partial charge on any atom is 0.194 e. The SMILES string of the molecule is CCCN(CCCNC)C1=NCCN1. The molecule has 0 aromatic rings. The summed E-state index contributed by atoms with van der Waals surface area (Å²) in [5.74, 6) is 1.10. The first-order chi connectivity index (χ1) is 6.88. The van der Waals surface area contributed by atoms with Gasteiger partial charge in [0.1, 0.15) is 0 Å². The van der Waals surface area contributed by atoms with Gasteiger partial charge in [-0.3, -0.25) is 4.99 Å². The lowest BCUT2D eigenvalue weighted by atomic mass is 10.3. The molecule has 0 aliphatic carbocycles. The van der Waals surface area contributed by atoms with E-state index in [-0.39, 0.29) is 0 Å². The Labute approximate surface area is 86.8 Å². The average Bonchev–Trinajstić information content (AvgIpc) is 2.70. The number of nitrogens with zero attached hydrogens (tertiary/aromatic N) is 2. The largest absolute Gasteiger partial charge is 0.354 e. The van der Waals surface area contributed by atoms with Crippen LogP contribution in [0.25, 0.3) is 0 Å². The van der Waals surface area contributed by atoms with E-state index in [2.05, 4.69) is 27.4 Å². The van der Waals surface area contributed by atoms with Crippen molar-refractivity contribution in [3.8, 4) is 0 Å². The molecule has 0 saturated heterocycles. The zero-order valence-corrected chi connectivity index (χ0v) is 9.34. The van der Waals surface area contributed by atoms with Crippen molar-refractivity contribution in [3.63, 3.8) is 0 Å². The van der Waals surface area contributed by atoms with Crippen LogP contribution in [0, 0.1) is 0 Å². The van der Waals surface area contributed by atoms with Crippen LogP contribution >= 0.6 is 0 Å². The second-order valence-corrected chi connectivity index (χ2v) is 3.58. The van der Waals surface area contributed by atoms with Crippen LogP contribution in [0.4, 0.5) is 0 Å². The Morgan fingerprint density at radius 3 is 2.93 bits per heavy atom. The predicted octanol–water partition coefficient (Wildman–Crippen LogP) is 0.267. The number of hydrogen-bond acceptors (Lipinski definition) is 4. The van der Waals surface area contributed by atoms with E-state index >= 15 is 0 Å². The molecule has 0 bridgehead atoms. The highest BCUT2D eigenvalue weighted by Crippen LogP contribution is 1.98. The lowest BCUT2D eigenvalue weighted by molar-refractivity contribution is 0.397. The van der Waals surface area contributed by atoms with Crippen molar-refractivity contribution in [2.24, 2.45) is 4.99 Å². The molecule has 0 radical (unpaired) electrons.